The molecule has 20 heavy (non-hydrogen) atoms. The normalized spacial score (nSPS) is 33.5. The Morgan fingerprint density at radius 1 is 1.35 bits per heavy atom. The molecule has 0 amide bonds. The first kappa shape index (κ1) is 14.4. The average molecular weight is 340 g/mol. The van der Waals surface area contributed by atoms with Gasteiger partial charge in [-0.25, -0.2) is 0 Å². The van der Waals surface area contributed by atoms with Gasteiger partial charge in [0.1, 0.15) is 5.75 Å². The first-order valence-corrected chi connectivity index (χ1v) is 8.22. The van der Waals surface area contributed by atoms with Crippen LogP contribution < -0.4 is 10.1 Å². The van der Waals surface area contributed by atoms with E-state index < -0.39 is 5.60 Å². The summed E-state index contributed by atoms with van der Waals surface area (Å²) in [6.07, 6.45) is 5.32. The minimum atomic E-state index is -0.472. The van der Waals surface area contributed by atoms with Gasteiger partial charge in [-0.05, 0) is 59.4 Å². The summed E-state index contributed by atoms with van der Waals surface area (Å²) < 4.78 is 6.27. The van der Waals surface area contributed by atoms with Crippen LogP contribution in [0.5, 0.6) is 5.75 Å². The van der Waals surface area contributed by atoms with E-state index in [-0.39, 0.29) is 6.04 Å². The Labute approximate surface area is 128 Å². The number of hydrogen-bond acceptors (Lipinski definition) is 3. The van der Waals surface area contributed by atoms with Gasteiger partial charge >= 0.3 is 0 Å². The number of rotatable bonds is 2. The Morgan fingerprint density at radius 2 is 2.20 bits per heavy atom. The van der Waals surface area contributed by atoms with Crippen molar-refractivity contribution in [2.24, 2.45) is 5.92 Å². The first-order chi connectivity index (χ1) is 9.64. The number of piperidine rings is 1. The minimum absolute atomic E-state index is 0.247. The summed E-state index contributed by atoms with van der Waals surface area (Å²) in [5, 5.41) is 14.5. The highest BCUT2D eigenvalue weighted by atomic mass is 79.9. The Bertz CT molecular complexity index is 489. The van der Waals surface area contributed by atoms with Crippen LogP contribution in [0.15, 0.2) is 22.7 Å². The molecule has 110 valence electrons. The SMILES string of the molecule is COc1ccc([C@@H]2NCC[C@@]3(O)CCCC[C@@H]23)cc1Br. The van der Waals surface area contributed by atoms with Crippen LogP contribution in [0.3, 0.4) is 0 Å². The lowest BCUT2D eigenvalue weighted by atomic mass is 9.67. The molecule has 0 radical (unpaired) electrons. The fraction of sp³-hybridized carbons (Fsp3) is 0.625. The molecule has 0 spiro atoms. The van der Waals surface area contributed by atoms with Crippen molar-refractivity contribution < 1.29 is 9.84 Å². The second-order valence-corrected chi connectivity index (χ2v) is 6.89. The standard InChI is InChI=1S/C16H22BrNO2/c1-20-14-6-5-11(10-13(14)17)15-12-4-2-3-7-16(12,19)8-9-18-15/h5-6,10,12,15,18-19H,2-4,7-9H2,1H3/t12-,15-,16-/m0/s1. The van der Waals surface area contributed by atoms with Crippen LogP contribution in [0, 0.1) is 5.92 Å². The molecule has 3 atom stereocenters. The molecular weight excluding hydrogens is 318 g/mol. The maximum Gasteiger partial charge on any atom is 0.133 e. The maximum atomic E-state index is 10.9. The van der Waals surface area contributed by atoms with Crippen molar-refractivity contribution in [1.82, 2.24) is 5.32 Å². The van der Waals surface area contributed by atoms with Gasteiger partial charge in [0.05, 0.1) is 17.2 Å². The van der Waals surface area contributed by atoms with E-state index in [1.807, 2.05) is 6.07 Å². The lowest BCUT2D eigenvalue weighted by Crippen LogP contribution is -2.53. The van der Waals surface area contributed by atoms with Gasteiger partial charge in [-0.1, -0.05) is 18.9 Å². The largest absolute Gasteiger partial charge is 0.496 e. The van der Waals surface area contributed by atoms with Crippen LogP contribution in [0.25, 0.3) is 0 Å². The van der Waals surface area contributed by atoms with Gasteiger partial charge in [0.25, 0.3) is 0 Å². The van der Waals surface area contributed by atoms with Gasteiger partial charge in [-0.15, -0.1) is 0 Å². The van der Waals surface area contributed by atoms with Crippen molar-refractivity contribution in [3.8, 4) is 5.75 Å². The molecule has 4 heteroatoms. The van der Waals surface area contributed by atoms with Gasteiger partial charge in [0.15, 0.2) is 0 Å². The monoisotopic (exact) mass is 339 g/mol. The summed E-state index contributed by atoms with van der Waals surface area (Å²) in [5.41, 5.74) is 0.767. The molecule has 1 aliphatic heterocycles. The first-order valence-electron chi connectivity index (χ1n) is 7.43. The molecule has 2 aliphatic rings. The van der Waals surface area contributed by atoms with Crippen molar-refractivity contribution >= 4 is 15.9 Å². The third-order valence-corrected chi connectivity index (χ3v) is 5.54. The van der Waals surface area contributed by atoms with Crippen LogP contribution in [-0.2, 0) is 0 Å². The number of nitrogens with one attached hydrogen (secondary N) is 1. The van der Waals surface area contributed by atoms with E-state index in [1.165, 1.54) is 12.0 Å². The maximum absolute atomic E-state index is 10.9. The molecule has 0 bridgehead atoms. The smallest absolute Gasteiger partial charge is 0.133 e. The molecule has 1 heterocycles. The van der Waals surface area contributed by atoms with Crippen molar-refractivity contribution in [3.63, 3.8) is 0 Å². The predicted octanol–water partition coefficient (Wildman–Crippen LogP) is 3.41. The average Bonchev–Trinajstić information content (AvgIpc) is 2.45. The van der Waals surface area contributed by atoms with Crippen LogP contribution in [0.4, 0.5) is 0 Å². The van der Waals surface area contributed by atoms with E-state index in [9.17, 15) is 5.11 Å². The van der Waals surface area contributed by atoms with Crippen molar-refractivity contribution in [3.05, 3.63) is 28.2 Å². The van der Waals surface area contributed by atoms with E-state index in [0.717, 1.165) is 42.5 Å². The quantitative estimate of drug-likeness (QED) is 0.867. The zero-order valence-corrected chi connectivity index (χ0v) is 13.4. The highest BCUT2D eigenvalue weighted by Crippen LogP contribution is 2.46. The highest BCUT2D eigenvalue weighted by molar-refractivity contribution is 9.10. The second kappa shape index (κ2) is 5.66. The van der Waals surface area contributed by atoms with Gasteiger partial charge in [0.2, 0.25) is 0 Å². The fourth-order valence-corrected chi connectivity index (χ4v) is 4.41. The number of ether oxygens (including phenoxy) is 1. The molecule has 1 saturated carbocycles. The number of fused-ring (bicyclic) bond motifs is 1. The molecule has 1 aliphatic carbocycles. The number of hydrogen-bond donors (Lipinski definition) is 2. The molecule has 3 nitrogen and oxygen atoms in total. The molecule has 0 unspecified atom stereocenters. The van der Waals surface area contributed by atoms with Crippen molar-refractivity contribution in [2.45, 2.75) is 43.7 Å². The molecule has 2 fully saturated rings. The van der Waals surface area contributed by atoms with E-state index in [2.05, 4.69) is 33.4 Å². The highest BCUT2D eigenvalue weighted by Gasteiger charge is 2.45. The predicted molar refractivity (Wildman–Crippen MR) is 83.0 cm³/mol. The summed E-state index contributed by atoms with van der Waals surface area (Å²) in [6, 6.07) is 6.48. The Balaban J connectivity index is 1.90. The Kier molecular flexibility index (Phi) is 4.07. The molecule has 3 rings (SSSR count). The number of aliphatic hydroxyl groups is 1. The van der Waals surface area contributed by atoms with Gasteiger partial charge in [-0.3, -0.25) is 0 Å². The molecule has 1 aromatic carbocycles. The Hall–Kier alpha value is -0.580. The molecule has 0 aromatic heterocycles. The molecule has 1 saturated heterocycles. The third kappa shape index (κ3) is 2.49. The second-order valence-electron chi connectivity index (χ2n) is 6.03. The van der Waals surface area contributed by atoms with Crippen LogP contribution >= 0.6 is 15.9 Å². The number of methoxy groups -OCH3 is 1. The van der Waals surface area contributed by atoms with E-state index in [1.54, 1.807) is 7.11 Å². The summed E-state index contributed by atoms with van der Waals surface area (Å²) in [4.78, 5) is 0. The summed E-state index contributed by atoms with van der Waals surface area (Å²) in [6.45, 7) is 0.890. The van der Waals surface area contributed by atoms with Crippen molar-refractivity contribution in [1.29, 1.82) is 0 Å². The summed E-state index contributed by atoms with van der Waals surface area (Å²) in [7, 11) is 1.68. The topological polar surface area (TPSA) is 41.5 Å². The zero-order chi connectivity index (χ0) is 14.2. The molecule has 2 N–H and O–H groups in total. The number of benzene rings is 1. The minimum Gasteiger partial charge on any atom is -0.496 e. The number of halogens is 1. The van der Waals surface area contributed by atoms with E-state index in [4.69, 9.17) is 4.74 Å². The van der Waals surface area contributed by atoms with Gasteiger partial charge < -0.3 is 15.2 Å². The summed E-state index contributed by atoms with van der Waals surface area (Å²) >= 11 is 3.56. The fourth-order valence-electron chi connectivity index (χ4n) is 3.85. The third-order valence-electron chi connectivity index (χ3n) is 4.92. The van der Waals surface area contributed by atoms with Crippen molar-refractivity contribution in [2.75, 3.05) is 13.7 Å². The lowest BCUT2D eigenvalue weighted by molar-refractivity contribution is -0.0861. The van der Waals surface area contributed by atoms with Gasteiger partial charge in [0, 0.05) is 12.0 Å². The van der Waals surface area contributed by atoms with Gasteiger partial charge in [-0.2, -0.15) is 0 Å². The summed E-state index contributed by atoms with van der Waals surface area (Å²) in [5.74, 6) is 1.17. The van der Waals surface area contributed by atoms with E-state index >= 15 is 0 Å². The van der Waals surface area contributed by atoms with E-state index in [0.29, 0.717) is 5.92 Å². The lowest BCUT2D eigenvalue weighted by Gasteiger charge is -2.48. The molecular formula is C16H22BrNO2. The zero-order valence-electron chi connectivity index (χ0n) is 11.9. The van der Waals surface area contributed by atoms with Crippen LogP contribution in [-0.4, -0.2) is 24.4 Å². The molecule has 1 aromatic rings. The van der Waals surface area contributed by atoms with Crippen LogP contribution in [0.2, 0.25) is 0 Å². The Morgan fingerprint density at radius 3 is 2.95 bits per heavy atom. The van der Waals surface area contributed by atoms with Crippen LogP contribution in [0.1, 0.15) is 43.7 Å².